The summed E-state index contributed by atoms with van der Waals surface area (Å²) in [6, 6.07) is 9.79. The molecule has 1 heterocycles. The fourth-order valence-electron chi connectivity index (χ4n) is 2.31. The van der Waals surface area contributed by atoms with Crippen LogP contribution in [0.25, 0.3) is 0 Å². The van der Waals surface area contributed by atoms with E-state index < -0.39 is 0 Å². The molecule has 0 bridgehead atoms. The van der Waals surface area contributed by atoms with Crippen LogP contribution in [0.15, 0.2) is 47.7 Å². The van der Waals surface area contributed by atoms with Crippen LogP contribution in [0, 0.1) is 5.92 Å². The molecule has 0 atom stereocenters. The number of hydrogen-bond donors (Lipinski definition) is 2. The number of halogens is 1. The van der Waals surface area contributed by atoms with Crippen LogP contribution >= 0.6 is 24.0 Å². The Morgan fingerprint density at radius 2 is 2.00 bits per heavy atom. The predicted molar refractivity (Wildman–Crippen MR) is 113 cm³/mol. The zero-order valence-corrected chi connectivity index (χ0v) is 17.4. The molecule has 0 saturated carbocycles. The molecular formula is C18H28IN5O. The highest BCUT2D eigenvalue weighted by atomic mass is 127. The van der Waals surface area contributed by atoms with Gasteiger partial charge in [-0.2, -0.15) is 0 Å². The summed E-state index contributed by atoms with van der Waals surface area (Å²) >= 11 is 0. The van der Waals surface area contributed by atoms with E-state index in [-0.39, 0.29) is 24.0 Å². The lowest BCUT2D eigenvalue weighted by atomic mass is 10.2. The Balaban J connectivity index is 0.00000312. The van der Waals surface area contributed by atoms with Gasteiger partial charge in [0.05, 0.1) is 13.1 Å². The molecular weight excluding hydrogens is 429 g/mol. The first-order valence-corrected chi connectivity index (χ1v) is 8.31. The number of hydrogen-bond acceptors (Lipinski definition) is 3. The Morgan fingerprint density at radius 1 is 1.24 bits per heavy atom. The van der Waals surface area contributed by atoms with Gasteiger partial charge in [-0.25, -0.2) is 4.98 Å². The van der Waals surface area contributed by atoms with Gasteiger partial charge in [0.1, 0.15) is 18.2 Å². The van der Waals surface area contributed by atoms with Gasteiger partial charge in [0, 0.05) is 26.0 Å². The maximum atomic E-state index is 5.65. The minimum absolute atomic E-state index is 0. The molecule has 0 radical (unpaired) electrons. The number of aliphatic imine (C=N–C) groups is 1. The summed E-state index contributed by atoms with van der Waals surface area (Å²) in [5.41, 5.74) is 0. The van der Waals surface area contributed by atoms with Crippen molar-refractivity contribution in [1.82, 2.24) is 20.2 Å². The lowest BCUT2D eigenvalue weighted by Crippen LogP contribution is -2.39. The Hall–Kier alpha value is -1.77. The summed E-state index contributed by atoms with van der Waals surface area (Å²) in [5.74, 6) is 3.21. The number of benzene rings is 1. The number of para-hydroxylation sites is 1. The van der Waals surface area contributed by atoms with E-state index in [0.29, 0.717) is 25.6 Å². The lowest BCUT2D eigenvalue weighted by Gasteiger charge is -2.14. The molecule has 0 spiro atoms. The second-order valence-electron chi connectivity index (χ2n) is 5.90. The Labute approximate surface area is 167 Å². The van der Waals surface area contributed by atoms with E-state index in [4.69, 9.17) is 4.74 Å². The van der Waals surface area contributed by atoms with E-state index in [1.165, 1.54) is 0 Å². The molecule has 0 aliphatic carbocycles. The van der Waals surface area contributed by atoms with Crippen molar-refractivity contribution in [2.75, 3.05) is 20.2 Å². The van der Waals surface area contributed by atoms with Gasteiger partial charge in [-0.15, -0.1) is 24.0 Å². The van der Waals surface area contributed by atoms with Crippen molar-refractivity contribution in [3.05, 3.63) is 48.5 Å². The highest BCUT2D eigenvalue weighted by Gasteiger charge is 2.05. The van der Waals surface area contributed by atoms with Crippen LogP contribution < -0.4 is 15.4 Å². The SMILES string of the molecule is CN=C(NCCOc1ccccc1)NCc1nccn1CC(C)C.I. The first-order valence-electron chi connectivity index (χ1n) is 8.31. The summed E-state index contributed by atoms with van der Waals surface area (Å²) in [7, 11) is 1.76. The molecule has 25 heavy (non-hydrogen) atoms. The fourth-order valence-corrected chi connectivity index (χ4v) is 2.31. The number of aromatic nitrogens is 2. The number of guanidine groups is 1. The van der Waals surface area contributed by atoms with Crippen molar-refractivity contribution in [3.63, 3.8) is 0 Å². The number of imidazole rings is 1. The van der Waals surface area contributed by atoms with Gasteiger partial charge in [-0.05, 0) is 18.1 Å². The van der Waals surface area contributed by atoms with Gasteiger partial charge in [0.2, 0.25) is 0 Å². The van der Waals surface area contributed by atoms with Crippen LogP contribution in [-0.2, 0) is 13.1 Å². The largest absolute Gasteiger partial charge is 0.492 e. The summed E-state index contributed by atoms with van der Waals surface area (Å²) in [6.45, 7) is 7.25. The Morgan fingerprint density at radius 3 is 2.68 bits per heavy atom. The molecule has 1 aromatic carbocycles. The van der Waals surface area contributed by atoms with Crippen molar-refractivity contribution in [1.29, 1.82) is 0 Å². The topological polar surface area (TPSA) is 63.5 Å². The molecule has 138 valence electrons. The van der Waals surface area contributed by atoms with E-state index in [0.717, 1.165) is 24.1 Å². The Bertz CT molecular complexity index is 627. The number of nitrogens with zero attached hydrogens (tertiary/aromatic N) is 3. The minimum atomic E-state index is 0. The predicted octanol–water partition coefficient (Wildman–Crippen LogP) is 2.90. The monoisotopic (exact) mass is 457 g/mol. The maximum absolute atomic E-state index is 5.65. The van der Waals surface area contributed by atoms with E-state index in [9.17, 15) is 0 Å². The van der Waals surface area contributed by atoms with Crippen LogP contribution in [0.4, 0.5) is 0 Å². The quantitative estimate of drug-likeness (QED) is 0.277. The molecule has 2 rings (SSSR count). The first kappa shape index (κ1) is 21.3. The summed E-state index contributed by atoms with van der Waals surface area (Å²) in [6.07, 6.45) is 3.85. The molecule has 0 aliphatic heterocycles. The molecule has 2 N–H and O–H groups in total. The van der Waals surface area contributed by atoms with Crippen molar-refractivity contribution in [3.8, 4) is 5.75 Å². The third-order valence-electron chi connectivity index (χ3n) is 3.41. The molecule has 6 nitrogen and oxygen atoms in total. The van der Waals surface area contributed by atoms with Crippen LogP contribution in [0.3, 0.4) is 0 Å². The highest BCUT2D eigenvalue weighted by Crippen LogP contribution is 2.07. The second-order valence-corrected chi connectivity index (χ2v) is 5.90. The molecule has 0 unspecified atom stereocenters. The maximum Gasteiger partial charge on any atom is 0.191 e. The number of nitrogens with one attached hydrogen (secondary N) is 2. The number of rotatable bonds is 8. The summed E-state index contributed by atoms with van der Waals surface area (Å²) in [4.78, 5) is 8.63. The van der Waals surface area contributed by atoms with E-state index in [2.05, 4.69) is 39.0 Å². The fraction of sp³-hybridized carbons (Fsp3) is 0.444. The molecule has 1 aromatic heterocycles. The standard InChI is InChI=1S/C18H27N5O.HI/c1-15(2)14-23-11-9-20-17(23)13-22-18(19-3)21-10-12-24-16-7-5-4-6-8-16;/h4-9,11,15H,10,12-14H2,1-3H3,(H2,19,21,22);1H. The third kappa shape index (κ3) is 7.76. The van der Waals surface area contributed by atoms with Crippen molar-refractivity contribution >= 4 is 29.9 Å². The average Bonchev–Trinajstić information content (AvgIpc) is 3.01. The van der Waals surface area contributed by atoms with Crippen LogP contribution in [0.2, 0.25) is 0 Å². The molecule has 0 fully saturated rings. The second kappa shape index (κ2) is 11.7. The van der Waals surface area contributed by atoms with E-state index in [1.54, 1.807) is 7.05 Å². The molecule has 2 aromatic rings. The third-order valence-corrected chi connectivity index (χ3v) is 3.41. The van der Waals surface area contributed by atoms with Gasteiger partial charge in [0.25, 0.3) is 0 Å². The summed E-state index contributed by atoms with van der Waals surface area (Å²) < 4.78 is 7.82. The normalized spacial score (nSPS) is 11.1. The van der Waals surface area contributed by atoms with E-state index in [1.807, 2.05) is 42.7 Å². The molecule has 0 saturated heterocycles. The van der Waals surface area contributed by atoms with Gasteiger partial charge in [0.15, 0.2) is 5.96 Å². The van der Waals surface area contributed by atoms with Crippen LogP contribution in [0.5, 0.6) is 5.75 Å². The minimum Gasteiger partial charge on any atom is -0.492 e. The van der Waals surface area contributed by atoms with E-state index >= 15 is 0 Å². The molecule has 0 aliphatic rings. The summed E-state index contributed by atoms with van der Waals surface area (Å²) in [5, 5.41) is 6.52. The molecule has 0 amide bonds. The average molecular weight is 457 g/mol. The van der Waals surface area contributed by atoms with Crippen LogP contribution in [-0.4, -0.2) is 35.7 Å². The highest BCUT2D eigenvalue weighted by molar-refractivity contribution is 14.0. The van der Waals surface area contributed by atoms with Gasteiger partial charge < -0.3 is 19.9 Å². The smallest absolute Gasteiger partial charge is 0.191 e. The van der Waals surface area contributed by atoms with Crippen molar-refractivity contribution < 1.29 is 4.74 Å². The number of ether oxygens (including phenoxy) is 1. The van der Waals surface area contributed by atoms with Crippen LogP contribution in [0.1, 0.15) is 19.7 Å². The van der Waals surface area contributed by atoms with Gasteiger partial charge in [-0.3, -0.25) is 4.99 Å². The van der Waals surface area contributed by atoms with Gasteiger partial charge in [-0.1, -0.05) is 32.0 Å². The zero-order chi connectivity index (χ0) is 17.2. The zero-order valence-electron chi connectivity index (χ0n) is 15.1. The van der Waals surface area contributed by atoms with Crippen molar-refractivity contribution in [2.45, 2.75) is 26.9 Å². The van der Waals surface area contributed by atoms with Crippen molar-refractivity contribution in [2.24, 2.45) is 10.9 Å². The van der Waals surface area contributed by atoms with Gasteiger partial charge >= 0.3 is 0 Å². The molecule has 7 heteroatoms. The Kier molecular flexibility index (Phi) is 9.98. The first-order chi connectivity index (χ1) is 11.7. The lowest BCUT2D eigenvalue weighted by molar-refractivity contribution is 0.322.